The van der Waals surface area contributed by atoms with Crippen LogP contribution in [-0.4, -0.2) is 29.3 Å². The summed E-state index contributed by atoms with van der Waals surface area (Å²) in [5, 5.41) is 3.03. The van der Waals surface area contributed by atoms with Crippen molar-refractivity contribution in [2.45, 2.75) is 52.1 Å². The van der Waals surface area contributed by atoms with Gasteiger partial charge in [-0.3, -0.25) is 9.59 Å². The van der Waals surface area contributed by atoms with Crippen LogP contribution >= 0.6 is 0 Å². The fourth-order valence-corrected chi connectivity index (χ4v) is 3.95. The van der Waals surface area contributed by atoms with Crippen LogP contribution in [0, 0.1) is 12.7 Å². The predicted molar refractivity (Wildman–Crippen MR) is 134 cm³/mol. The molecule has 1 N–H and O–H groups in total. The van der Waals surface area contributed by atoms with Crippen LogP contribution in [0.1, 0.15) is 42.0 Å². The number of carbonyl (C=O) groups excluding carboxylic acids is 2. The van der Waals surface area contributed by atoms with E-state index in [9.17, 15) is 14.0 Å². The summed E-state index contributed by atoms with van der Waals surface area (Å²) in [6, 6.07) is 23.0. The minimum absolute atomic E-state index is 0.0969. The van der Waals surface area contributed by atoms with Gasteiger partial charge in [0.25, 0.3) is 0 Å². The van der Waals surface area contributed by atoms with Gasteiger partial charge in [-0.2, -0.15) is 0 Å². The van der Waals surface area contributed by atoms with Gasteiger partial charge in [0.1, 0.15) is 11.9 Å². The summed E-state index contributed by atoms with van der Waals surface area (Å²) in [5.41, 5.74) is 3.76. The molecule has 4 nitrogen and oxygen atoms in total. The van der Waals surface area contributed by atoms with Crippen molar-refractivity contribution in [2.24, 2.45) is 0 Å². The van der Waals surface area contributed by atoms with Gasteiger partial charge >= 0.3 is 0 Å². The second-order valence-corrected chi connectivity index (χ2v) is 8.66. The molecule has 178 valence electrons. The van der Waals surface area contributed by atoms with E-state index in [1.165, 1.54) is 12.1 Å². The number of nitrogens with one attached hydrogen (secondary N) is 1. The molecule has 0 heterocycles. The summed E-state index contributed by atoms with van der Waals surface area (Å²) in [5.74, 6) is -0.665. The van der Waals surface area contributed by atoms with Crippen molar-refractivity contribution < 1.29 is 14.0 Å². The molecule has 0 aliphatic rings. The second kappa shape index (κ2) is 12.7. The maximum Gasteiger partial charge on any atom is 0.243 e. The van der Waals surface area contributed by atoms with E-state index in [0.717, 1.165) is 29.5 Å². The van der Waals surface area contributed by atoms with Crippen LogP contribution in [0.5, 0.6) is 0 Å². The third-order valence-corrected chi connectivity index (χ3v) is 5.80. The standard InChI is InChI=1S/C29H33FN2O2/c1-3-4-17-31-29(34)27(19-23-10-6-5-7-11-23)32(21-25-12-8-9-22(2)18-25)28(33)20-24-13-15-26(30)16-14-24/h5-16,18,27H,3-4,17,19-21H2,1-2H3,(H,31,34). The molecule has 1 atom stereocenters. The molecule has 0 saturated heterocycles. The maximum atomic E-state index is 13.6. The molecule has 1 unspecified atom stereocenters. The topological polar surface area (TPSA) is 49.4 Å². The molecule has 3 rings (SSSR count). The summed E-state index contributed by atoms with van der Waals surface area (Å²) in [6.07, 6.45) is 2.37. The number of hydrogen-bond donors (Lipinski definition) is 1. The monoisotopic (exact) mass is 460 g/mol. The van der Waals surface area contributed by atoms with Crippen LogP contribution in [0.3, 0.4) is 0 Å². The molecule has 0 aliphatic heterocycles. The lowest BCUT2D eigenvalue weighted by Gasteiger charge is -2.32. The number of unbranched alkanes of at least 4 members (excludes halogenated alkanes) is 1. The average Bonchev–Trinajstić information content (AvgIpc) is 2.83. The first kappa shape index (κ1) is 25.2. The van der Waals surface area contributed by atoms with Gasteiger partial charge in [0.15, 0.2) is 0 Å². The molecule has 34 heavy (non-hydrogen) atoms. The summed E-state index contributed by atoms with van der Waals surface area (Å²) < 4.78 is 13.4. The Hall–Kier alpha value is -3.47. The first-order valence-corrected chi connectivity index (χ1v) is 11.9. The Kier molecular flexibility index (Phi) is 9.39. The van der Waals surface area contributed by atoms with E-state index in [-0.39, 0.29) is 24.1 Å². The highest BCUT2D eigenvalue weighted by Gasteiger charge is 2.30. The van der Waals surface area contributed by atoms with Crippen LogP contribution in [0.2, 0.25) is 0 Å². The van der Waals surface area contributed by atoms with Gasteiger partial charge in [-0.15, -0.1) is 0 Å². The van der Waals surface area contributed by atoms with Crippen molar-refractivity contribution in [3.05, 3.63) is 107 Å². The number of nitrogens with zero attached hydrogens (tertiary/aromatic N) is 1. The van der Waals surface area contributed by atoms with E-state index < -0.39 is 6.04 Å². The van der Waals surface area contributed by atoms with Gasteiger partial charge in [0.05, 0.1) is 6.42 Å². The van der Waals surface area contributed by atoms with Crippen molar-refractivity contribution in [2.75, 3.05) is 6.54 Å². The third-order valence-electron chi connectivity index (χ3n) is 5.80. The van der Waals surface area contributed by atoms with E-state index in [1.54, 1.807) is 17.0 Å². The lowest BCUT2D eigenvalue weighted by atomic mass is 10.0. The highest BCUT2D eigenvalue weighted by atomic mass is 19.1. The van der Waals surface area contributed by atoms with Gasteiger partial charge in [0, 0.05) is 19.5 Å². The van der Waals surface area contributed by atoms with Crippen LogP contribution in [0.25, 0.3) is 0 Å². The summed E-state index contributed by atoms with van der Waals surface area (Å²) in [4.78, 5) is 28.6. The zero-order valence-corrected chi connectivity index (χ0v) is 20.0. The Balaban J connectivity index is 1.93. The van der Waals surface area contributed by atoms with Gasteiger partial charge in [0.2, 0.25) is 11.8 Å². The number of amides is 2. The fraction of sp³-hybridized carbons (Fsp3) is 0.310. The number of benzene rings is 3. The van der Waals surface area contributed by atoms with E-state index in [1.807, 2.05) is 61.5 Å². The number of rotatable bonds is 11. The van der Waals surface area contributed by atoms with Gasteiger partial charge in [-0.1, -0.05) is 85.6 Å². The first-order valence-electron chi connectivity index (χ1n) is 11.9. The smallest absolute Gasteiger partial charge is 0.243 e. The van der Waals surface area contributed by atoms with Gasteiger partial charge in [-0.25, -0.2) is 4.39 Å². The molecule has 0 saturated carbocycles. The Morgan fingerprint density at radius 3 is 2.29 bits per heavy atom. The highest BCUT2D eigenvalue weighted by molar-refractivity contribution is 5.88. The minimum atomic E-state index is -0.660. The Morgan fingerprint density at radius 2 is 1.62 bits per heavy atom. The lowest BCUT2D eigenvalue weighted by molar-refractivity contribution is -0.140. The van der Waals surface area contributed by atoms with Crippen LogP contribution < -0.4 is 5.32 Å². The number of carbonyl (C=O) groups is 2. The van der Waals surface area contributed by atoms with Gasteiger partial charge < -0.3 is 10.2 Å². The third kappa shape index (κ3) is 7.55. The van der Waals surface area contributed by atoms with E-state index in [0.29, 0.717) is 25.1 Å². The Labute approximate surface area is 201 Å². The molecule has 2 amide bonds. The zero-order chi connectivity index (χ0) is 24.3. The van der Waals surface area contributed by atoms with Crippen molar-refractivity contribution in [1.29, 1.82) is 0 Å². The predicted octanol–water partition coefficient (Wildman–Crippen LogP) is 5.23. The first-order chi connectivity index (χ1) is 16.5. The van der Waals surface area contributed by atoms with Crippen molar-refractivity contribution in [3.8, 4) is 0 Å². The Morgan fingerprint density at radius 1 is 0.912 bits per heavy atom. The normalized spacial score (nSPS) is 11.6. The average molecular weight is 461 g/mol. The van der Waals surface area contributed by atoms with Crippen molar-refractivity contribution in [1.82, 2.24) is 10.2 Å². The highest BCUT2D eigenvalue weighted by Crippen LogP contribution is 2.17. The Bertz CT molecular complexity index is 1070. The largest absolute Gasteiger partial charge is 0.354 e. The van der Waals surface area contributed by atoms with Gasteiger partial charge in [-0.05, 0) is 42.2 Å². The molecule has 0 bridgehead atoms. The molecular weight excluding hydrogens is 427 g/mol. The molecule has 0 radical (unpaired) electrons. The molecule has 3 aromatic carbocycles. The molecule has 5 heteroatoms. The second-order valence-electron chi connectivity index (χ2n) is 8.66. The number of hydrogen-bond acceptors (Lipinski definition) is 2. The summed E-state index contributed by atoms with van der Waals surface area (Å²) in [6.45, 7) is 4.97. The number of halogens is 1. The van der Waals surface area contributed by atoms with E-state index in [2.05, 4.69) is 12.2 Å². The fourth-order valence-electron chi connectivity index (χ4n) is 3.95. The SMILES string of the molecule is CCCCNC(=O)C(Cc1ccccc1)N(Cc1cccc(C)c1)C(=O)Cc1ccc(F)cc1. The molecule has 0 aromatic heterocycles. The molecule has 0 spiro atoms. The van der Waals surface area contributed by atoms with E-state index in [4.69, 9.17) is 0 Å². The summed E-state index contributed by atoms with van der Waals surface area (Å²) >= 11 is 0. The molecule has 0 fully saturated rings. The zero-order valence-electron chi connectivity index (χ0n) is 20.0. The lowest BCUT2D eigenvalue weighted by Crippen LogP contribution is -2.51. The van der Waals surface area contributed by atoms with Crippen LogP contribution in [0.15, 0.2) is 78.9 Å². The van der Waals surface area contributed by atoms with E-state index >= 15 is 0 Å². The molecular formula is C29H33FN2O2. The quantitative estimate of drug-likeness (QED) is 0.398. The van der Waals surface area contributed by atoms with Crippen molar-refractivity contribution in [3.63, 3.8) is 0 Å². The maximum absolute atomic E-state index is 13.6. The van der Waals surface area contributed by atoms with Crippen molar-refractivity contribution >= 4 is 11.8 Å². The van der Waals surface area contributed by atoms with Crippen LogP contribution in [-0.2, 0) is 29.0 Å². The minimum Gasteiger partial charge on any atom is -0.354 e. The number of aryl methyl sites for hydroxylation is 1. The molecule has 0 aliphatic carbocycles. The van der Waals surface area contributed by atoms with Crippen LogP contribution in [0.4, 0.5) is 4.39 Å². The molecule has 3 aromatic rings. The summed E-state index contributed by atoms with van der Waals surface area (Å²) in [7, 11) is 0.